The maximum Gasteiger partial charge on any atom is 0.172 e. The molecule has 1 aromatic carbocycles. The van der Waals surface area contributed by atoms with Crippen LogP contribution in [-0.2, 0) is 4.79 Å². The molecule has 0 aromatic heterocycles. The Bertz CT molecular complexity index is 301. The molecule has 2 nitrogen and oxygen atoms in total. The number of hydrogen-bond donors (Lipinski definition) is 1. The highest BCUT2D eigenvalue weighted by molar-refractivity contribution is 5.97. The Hall–Kier alpha value is -1.41. The van der Waals surface area contributed by atoms with Crippen LogP contribution in [0.2, 0.25) is 0 Å². The van der Waals surface area contributed by atoms with Crippen molar-refractivity contribution in [3.63, 3.8) is 0 Å². The summed E-state index contributed by atoms with van der Waals surface area (Å²) in [6.07, 6.45) is 3.28. The van der Waals surface area contributed by atoms with Crippen molar-refractivity contribution in [1.82, 2.24) is 0 Å². The summed E-state index contributed by atoms with van der Waals surface area (Å²) in [5.74, 6) is -0.0520. The Morgan fingerprint density at radius 1 is 1.38 bits per heavy atom. The summed E-state index contributed by atoms with van der Waals surface area (Å²) < 4.78 is 0. The van der Waals surface area contributed by atoms with Gasteiger partial charge in [-0.25, -0.2) is 0 Å². The first-order chi connectivity index (χ1) is 6.20. The van der Waals surface area contributed by atoms with Gasteiger partial charge >= 0.3 is 0 Å². The molecule has 1 atom stereocenters. The third-order valence-corrected chi connectivity index (χ3v) is 1.69. The van der Waals surface area contributed by atoms with Crippen molar-refractivity contribution in [3.05, 3.63) is 42.0 Å². The van der Waals surface area contributed by atoms with Gasteiger partial charge in [-0.1, -0.05) is 36.4 Å². The number of hydrogen-bond acceptors (Lipinski definition) is 2. The minimum absolute atomic E-state index is 0.0520. The molecule has 0 aliphatic rings. The van der Waals surface area contributed by atoms with Crippen molar-refractivity contribution in [2.45, 2.75) is 13.0 Å². The number of rotatable bonds is 3. The second kappa shape index (κ2) is 4.58. The minimum Gasteiger partial charge on any atom is -0.321 e. The molecule has 0 heterocycles. The topological polar surface area (TPSA) is 43.1 Å². The van der Waals surface area contributed by atoms with E-state index in [0.29, 0.717) is 0 Å². The third-order valence-electron chi connectivity index (χ3n) is 1.69. The Morgan fingerprint density at radius 2 is 2.00 bits per heavy atom. The first-order valence-electron chi connectivity index (χ1n) is 4.22. The first-order valence-corrected chi connectivity index (χ1v) is 4.22. The number of carbonyl (C=O) groups is 1. The van der Waals surface area contributed by atoms with Gasteiger partial charge in [0.1, 0.15) is 0 Å². The van der Waals surface area contributed by atoms with Crippen LogP contribution in [0.15, 0.2) is 36.4 Å². The number of benzene rings is 1. The fourth-order valence-electron chi connectivity index (χ4n) is 0.894. The van der Waals surface area contributed by atoms with Crippen molar-refractivity contribution < 1.29 is 4.79 Å². The Morgan fingerprint density at radius 3 is 2.54 bits per heavy atom. The lowest BCUT2D eigenvalue weighted by Crippen LogP contribution is -2.24. The minimum atomic E-state index is -0.417. The van der Waals surface area contributed by atoms with Gasteiger partial charge in [-0.05, 0) is 18.6 Å². The van der Waals surface area contributed by atoms with Crippen LogP contribution in [0.4, 0.5) is 0 Å². The quantitative estimate of drug-likeness (QED) is 0.709. The van der Waals surface area contributed by atoms with E-state index in [1.165, 1.54) is 6.08 Å². The number of nitrogens with two attached hydrogens (primary N) is 1. The van der Waals surface area contributed by atoms with E-state index in [2.05, 4.69) is 0 Å². The van der Waals surface area contributed by atoms with Crippen LogP contribution in [0.3, 0.4) is 0 Å². The van der Waals surface area contributed by atoms with E-state index in [9.17, 15) is 4.79 Å². The third kappa shape index (κ3) is 3.22. The maximum absolute atomic E-state index is 11.1. The summed E-state index contributed by atoms with van der Waals surface area (Å²) in [6, 6.07) is 9.24. The van der Waals surface area contributed by atoms with Crippen molar-refractivity contribution in [1.29, 1.82) is 0 Å². The Labute approximate surface area is 78.1 Å². The van der Waals surface area contributed by atoms with Gasteiger partial charge < -0.3 is 5.73 Å². The summed E-state index contributed by atoms with van der Waals surface area (Å²) in [6.45, 7) is 1.68. The molecule has 0 aliphatic heterocycles. The second-order valence-electron chi connectivity index (χ2n) is 2.94. The molecule has 0 fully saturated rings. The van der Waals surface area contributed by atoms with Crippen molar-refractivity contribution in [2.75, 3.05) is 0 Å². The summed E-state index contributed by atoms with van der Waals surface area (Å²) in [4.78, 5) is 11.1. The monoisotopic (exact) mass is 175 g/mol. The molecule has 0 saturated heterocycles. The SMILES string of the molecule is C[C@H](N)C(=O)/C=C/c1ccccc1. The van der Waals surface area contributed by atoms with Crippen molar-refractivity contribution in [2.24, 2.45) is 5.73 Å². The summed E-state index contributed by atoms with van der Waals surface area (Å²) in [5, 5.41) is 0. The zero-order chi connectivity index (χ0) is 9.68. The number of ketones is 1. The lowest BCUT2D eigenvalue weighted by atomic mass is 10.1. The van der Waals surface area contributed by atoms with Crippen LogP contribution in [0.1, 0.15) is 12.5 Å². The Balaban J connectivity index is 2.64. The van der Waals surface area contributed by atoms with Gasteiger partial charge in [0.25, 0.3) is 0 Å². The average Bonchev–Trinajstić information content (AvgIpc) is 2.15. The van der Waals surface area contributed by atoms with E-state index in [4.69, 9.17) is 5.73 Å². The van der Waals surface area contributed by atoms with Crippen LogP contribution in [-0.4, -0.2) is 11.8 Å². The summed E-state index contributed by atoms with van der Waals surface area (Å²) >= 11 is 0. The largest absolute Gasteiger partial charge is 0.321 e. The zero-order valence-electron chi connectivity index (χ0n) is 7.60. The standard InChI is InChI=1S/C11H13NO/c1-9(12)11(13)8-7-10-5-3-2-4-6-10/h2-9H,12H2,1H3/b8-7+/t9-/m0/s1. The van der Waals surface area contributed by atoms with Gasteiger partial charge in [-0.15, -0.1) is 0 Å². The predicted molar refractivity (Wildman–Crippen MR) is 54.1 cm³/mol. The van der Waals surface area contributed by atoms with E-state index in [1.54, 1.807) is 13.0 Å². The summed E-state index contributed by atoms with van der Waals surface area (Å²) in [7, 11) is 0. The van der Waals surface area contributed by atoms with Gasteiger partial charge in [-0.2, -0.15) is 0 Å². The van der Waals surface area contributed by atoms with Crippen molar-refractivity contribution >= 4 is 11.9 Å². The molecule has 0 amide bonds. The van der Waals surface area contributed by atoms with Gasteiger partial charge in [0, 0.05) is 0 Å². The van der Waals surface area contributed by atoms with E-state index >= 15 is 0 Å². The normalized spacial score (nSPS) is 13.1. The highest BCUT2D eigenvalue weighted by Crippen LogP contribution is 2.01. The molecule has 13 heavy (non-hydrogen) atoms. The highest BCUT2D eigenvalue weighted by Gasteiger charge is 2.00. The molecule has 0 unspecified atom stereocenters. The molecule has 0 radical (unpaired) electrons. The van der Waals surface area contributed by atoms with Crippen LogP contribution in [0.25, 0.3) is 6.08 Å². The average molecular weight is 175 g/mol. The molecular formula is C11H13NO. The highest BCUT2D eigenvalue weighted by atomic mass is 16.1. The van der Waals surface area contributed by atoms with E-state index in [-0.39, 0.29) is 5.78 Å². The molecule has 0 bridgehead atoms. The smallest absolute Gasteiger partial charge is 0.172 e. The molecule has 1 aromatic rings. The molecule has 2 heteroatoms. The summed E-state index contributed by atoms with van der Waals surface area (Å²) in [5.41, 5.74) is 6.41. The first kappa shape index (κ1) is 9.68. The van der Waals surface area contributed by atoms with E-state index < -0.39 is 6.04 Å². The fraction of sp³-hybridized carbons (Fsp3) is 0.182. The lowest BCUT2D eigenvalue weighted by Gasteiger charge is -1.96. The zero-order valence-corrected chi connectivity index (χ0v) is 7.60. The van der Waals surface area contributed by atoms with Gasteiger partial charge in [-0.3, -0.25) is 4.79 Å². The van der Waals surface area contributed by atoms with Crippen LogP contribution in [0.5, 0.6) is 0 Å². The molecule has 0 aliphatic carbocycles. The molecule has 1 rings (SSSR count). The van der Waals surface area contributed by atoms with Gasteiger partial charge in [0.2, 0.25) is 0 Å². The molecule has 0 spiro atoms. The molecule has 2 N–H and O–H groups in total. The van der Waals surface area contributed by atoms with Crippen LogP contribution < -0.4 is 5.73 Å². The molecular weight excluding hydrogens is 162 g/mol. The van der Waals surface area contributed by atoms with Gasteiger partial charge in [0.15, 0.2) is 5.78 Å². The maximum atomic E-state index is 11.1. The second-order valence-corrected chi connectivity index (χ2v) is 2.94. The molecule has 68 valence electrons. The lowest BCUT2D eigenvalue weighted by molar-refractivity contribution is -0.115. The fourth-order valence-corrected chi connectivity index (χ4v) is 0.894. The van der Waals surface area contributed by atoms with E-state index in [1.807, 2.05) is 30.3 Å². The van der Waals surface area contributed by atoms with Crippen LogP contribution >= 0.6 is 0 Å². The Kier molecular flexibility index (Phi) is 3.41. The van der Waals surface area contributed by atoms with E-state index in [0.717, 1.165) is 5.56 Å². The predicted octanol–water partition coefficient (Wildman–Crippen LogP) is 1.62. The number of carbonyl (C=O) groups excluding carboxylic acids is 1. The van der Waals surface area contributed by atoms with Crippen molar-refractivity contribution in [3.8, 4) is 0 Å². The molecule has 0 saturated carbocycles. The van der Waals surface area contributed by atoms with Crippen LogP contribution in [0, 0.1) is 0 Å². The van der Waals surface area contributed by atoms with Gasteiger partial charge in [0.05, 0.1) is 6.04 Å².